The summed E-state index contributed by atoms with van der Waals surface area (Å²) in [5, 5.41) is 16.7. The van der Waals surface area contributed by atoms with Gasteiger partial charge in [-0.3, -0.25) is 0 Å². The first-order valence-electron chi connectivity index (χ1n) is 0.612. The van der Waals surface area contributed by atoms with Crippen LogP contribution in [0.5, 0.6) is 0 Å². The fraction of sp³-hybridized carbons (Fsp3) is 0. The van der Waals surface area contributed by atoms with Crippen LogP contribution in [0.1, 0.15) is 0 Å². The number of carboxylic acid groups (broad SMARTS) is 2. The molecule has 0 saturated carbocycles. The van der Waals surface area contributed by atoms with Crippen molar-refractivity contribution in [3.63, 3.8) is 0 Å². The minimum absolute atomic E-state index is 0. The van der Waals surface area contributed by atoms with Gasteiger partial charge in [-0.05, 0) is 6.16 Å². The summed E-state index contributed by atoms with van der Waals surface area (Å²) in [7, 11) is 0. The van der Waals surface area contributed by atoms with Gasteiger partial charge in [-0.15, -0.1) is 0 Å². The number of hydrogen-bond donors (Lipinski definition) is 0. The van der Waals surface area contributed by atoms with Crippen LogP contribution in [0.3, 0.4) is 0 Å². The normalized spacial score (nSPS) is 3.43. The third kappa shape index (κ3) is 479. The van der Waals surface area contributed by atoms with E-state index in [1.807, 2.05) is 0 Å². The first kappa shape index (κ1) is 25.8. The molecule has 0 aliphatic heterocycles. The second kappa shape index (κ2) is 16.0. The maximum absolute atomic E-state index is 8.33. The third-order valence-corrected chi connectivity index (χ3v) is 0. The Kier molecular flexibility index (Phi) is 59.0. The molecule has 0 aromatic carbocycles. The van der Waals surface area contributed by atoms with Crippen LogP contribution in [0, 0.1) is 0 Å². The Morgan fingerprint density at radius 2 is 1.29 bits per heavy atom. The van der Waals surface area contributed by atoms with Crippen molar-refractivity contribution in [2.45, 2.75) is 0 Å². The fourth-order valence-electron chi connectivity index (χ4n) is 0. The topological polar surface area (TPSA) is 93.2 Å². The SMILES string of the molecule is O=C([O-])[O-].[Al+3].[Mg+2].[OH-]. The first-order valence-corrected chi connectivity index (χ1v) is 0.612. The van der Waals surface area contributed by atoms with Gasteiger partial charge in [0.05, 0.1) is 0 Å². The summed E-state index contributed by atoms with van der Waals surface area (Å²) in [6.45, 7) is 0. The summed E-state index contributed by atoms with van der Waals surface area (Å²) >= 11 is 0. The van der Waals surface area contributed by atoms with Crippen molar-refractivity contribution in [1.82, 2.24) is 0 Å². The van der Waals surface area contributed by atoms with Crippen LogP contribution in [0.2, 0.25) is 0 Å². The quantitative estimate of drug-likeness (QED) is 0.318. The predicted octanol–water partition coefficient (Wildman–Crippen LogP) is -3.39. The molecule has 0 aliphatic carbocycles. The fourth-order valence-corrected chi connectivity index (χ4v) is 0. The Morgan fingerprint density at radius 1 is 1.29 bits per heavy atom. The summed E-state index contributed by atoms with van der Waals surface area (Å²) in [4.78, 5) is 8.33. The average molecular weight is 128 g/mol. The van der Waals surface area contributed by atoms with Gasteiger partial charge >= 0.3 is 40.4 Å². The van der Waals surface area contributed by atoms with E-state index in [0.717, 1.165) is 0 Å². The summed E-state index contributed by atoms with van der Waals surface area (Å²) in [6, 6.07) is 0. The van der Waals surface area contributed by atoms with Gasteiger partial charge in [0.25, 0.3) is 0 Å². The molecule has 0 fully saturated rings. The van der Waals surface area contributed by atoms with E-state index < -0.39 is 6.16 Å². The van der Waals surface area contributed by atoms with Crippen molar-refractivity contribution in [3.05, 3.63) is 0 Å². The van der Waals surface area contributed by atoms with Crippen LogP contribution < -0.4 is 10.2 Å². The van der Waals surface area contributed by atoms with Crippen LogP contribution in [0.15, 0.2) is 0 Å². The first-order chi connectivity index (χ1) is 1.73. The van der Waals surface area contributed by atoms with Gasteiger partial charge in [0.2, 0.25) is 0 Å². The van der Waals surface area contributed by atoms with Crippen molar-refractivity contribution < 1.29 is 20.5 Å². The van der Waals surface area contributed by atoms with Crippen LogP contribution >= 0.6 is 0 Å². The van der Waals surface area contributed by atoms with Crippen LogP contribution in [-0.2, 0) is 0 Å². The van der Waals surface area contributed by atoms with E-state index in [1.165, 1.54) is 0 Å². The summed E-state index contributed by atoms with van der Waals surface area (Å²) in [5.74, 6) is 0. The molecule has 0 heterocycles. The number of carbonyl (C=O) groups is 1. The summed E-state index contributed by atoms with van der Waals surface area (Å²) in [5.41, 5.74) is 0. The van der Waals surface area contributed by atoms with E-state index in [0.29, 0.717) is 0 Å². The minimum atomic E-state index is -2.33. The van der Waals surface area contributed by atoms with Gasteiger partial charge in [0.15, 0.2) is 0 Å². The molecule has 0 aromatic heterocycles. The maximum atomic E-state index is 8.33. The van der Waals surface area contributed by atoms with E-state index in [9.17, 15) is 0 Å². The second-order valence-electron chi connectivity index (χ2n) is 0.250. The zero-order valence-corrected chi connectivity index (χ0v) is 6.03. The van der Waals surface area contributed by atoms with E-state index in [-0.39, 0.29) is 45.9 Å². The van der Waals surface area contributed by atoms with Crippen LogP contribution in [-0.4, -0.2) is 52.0 Å². The average Bonchev–Trinajstić information content (AvgIpc) is 0.811. The number of hydrogen-bond acceptors (Lipinski definition) is 4. The molecule has 32 valence electrons. The Bertz CT molecular complexity index is 34.7. The smallest absolute Gasteiger partial charge is 0.870 e. The molecule has 6 heteroatoms. The van der Waals surface area contributed by atoms with Gasteiger partial charge in [-0.1, -0.05) is 0 Å². The monoisotopic (exact) mass is 128 g/mol. The van der Waals surface area contributed by atoms with E-state index in [1.54, 1.807) is 0 Å². The molecular weight excluding hydrogens is 127 g/mol. The molecule has 0 rings (SSSR count). The molecule has 0 radical (unpaired) electrons. The maximum Gasteiger partial charge on any atom is 3.00 e. The Hall–Kier alpha value is 0.529. The Balaban J connectivity index is -0.0000000150. The van der Waals surface area contributed by atoms with Gasteiger partial charge in [0, 0.05) is 0 Å². The third-order valence-electron chi connectivity index (χ3n) is 0. The van der Waals surface area contributed by atoms with Gasteiger partial charge < -0.3 is 20.5 Å². The molecule has 0 atom stereocenters. The molecule has 0 bridgehead atoms. The molecule has 0 unspecified atom stereocenters. The largest absolute Gasteiger partial charge is 3.00 e. The molecule has 0 spiro atoms. The standard InChI is InChI=1S/CH2O3.Al.Mg.H2O/c2-1(3)4;;;/h(H2,2,3,4);;;1H2/q;+3;+2;/p-3. The van der Waals surface area contributed by atoms with E-state index in [4.69, 9.17) is 15.0 Å². The molecule has 0 saturated heterocycles. The van der Waals surface area contributed by atoms with Crippen molar-refractivity contribution in [2.24, 2.45) is 0 Å². The molecule has 7 heavy (non-hydrogen) atoms. The van der Waals surface area contributed by atoms with Crippen molar-refractivity contribution in [3.8, 4) is 0 Å². The van der Waals surface area contributed by atoms with Crippen LogP contribution in [0.4, 0.5) is 4.79 Å². The van der Waals surface area contributed by atoms with Crippen molar-refractivity contribution in [1.29, 1.82) is 0 Å². The van der Waals surface area contributed by atoms with E-state index in [2.05, 4.69) is 0 Å². The van der Waals surface area contributed by atoms with E-state index >= 15 is 0 Å². The summed E-state index contributed by atoms with van der Waals surface area (Å²) in [6.07, 6.45) is -2.33. The molecule has 1 N–H and O–H groups in total. The molecule has 4 nitrogen and oxygen atoms in total. The minimum Gasteiger partial charge on any atom is -0.870 e. The van der Waals surface area contributed by atoms with Crippen LogP contribution in [0.25, 0.3) is 0 Å². The Labute approximate surface area is 67.1 Å². The molecular formula is CHAlMgO4+2. The van der Waals surface area contributed by atoms with Gasteiger partial charge in [-0.2, -0.15) is 0 Å². The zero-order chi connectivity index (χ0) is 3.58. The van der Waals surface area contributed by atoms with Gasteiger partial charge in [0.1, 0.15) is 0 Å². The zero-order valence-electron chi connectivity index (χ0n) is 3.46. The Morgan fingerprint density at radius 3 is 1.29 bits per heavy atom. The van der Waals surface area contributed by atoms with Crippen molar-refractivity contribution >= 4 is 46.6 Å². The number of carbonyl (C=O) groups excluding carboxylic acids is 1. The molecule has 0 amide bonds. The van der Waals surface area contributed by atoms with Crippen molar-refractivity contribution in [2.75, 3.05) is 0 Å². The predicted molar refractivity (Wildman–Crippen MR) is 18.8 cm³/mol. The second-order valence-corrected chi connectivity index (χ2v) is 0.250. The summed E-state index contributed by atoms with van der Waals surface area (Å²) < 4.78 is 0. The molecule has 0 aliphatic rings. The number of rotatable bonds is 0. The molecule has 0 aromatic rings. The van der Waals surface area contributed by atoms with Gasteiger partial charge in [-0.25, -0.2) is 0 Å².